The van der Waals surface area contributed by atoms with E-state index in [0.29, 0.717) is 29.2 Å². The summed E-state index contributed by atoms with van der Waals surface area (Å²) in [6, 6.07) is 12.2. The molecule has 1 unspecified atom stereocenters. The van der Waals surface area contributed by atoms with Crippen molar-refractivity contribution in [1.29, 1.82) is 0 Å². The van der Waals surface area contributed by atoms with E-state index >= 15 is 0 Å². The van der Waals surface area contributed by atoms with E-state index in [1.165, 1.54) is 0 Å². The number of aromatic nitrogens is 4. The van der Waals surface area contributed by atoms with Crippen molar-refractivity contribution in [3.05, 3.63) is 70.8 Å². The molecule has 3 aromatic rings. The average molecular weight is 360 g/mol. The molecule has 0 spiro atoms. The molecule has 1 aliphatic rings. The molecule has 1 aromatic heterocycles. The minimum atomic E-state index is -0.210. The molecule has 1 aliphatic heterocycles. The first-order chi connectivity index (χ1) is 13.2. The van der Waals surface area contributed by atoms with Crippen LogP contribution >= 0.6 is 0 Å². The topological polar surface area (TPSA) is 97.2 Å². The highest BCUT2D eigenvalue weighted by Gasteiger charge is 2.22. The number of anilines is 1. The standard InChI is InChI=1S/C19H16N6O2/c1-20-14-5-2-12(3-6-14)19(26)21-15-7-9-17-13(10-15)4-8-16(27-17)11-18-22-24-25-23-18/h2-3,5-7,9-10,16H,4,8,11H2,(H,21,26)(H,22,23,24,25). The first-order valence-corrected chi connectivity index (χ1v) is 8.52. The smallest absolute Gasteiger partial charge is 0.255 e. The van der Waals surface area contributed by atoms with Crippen LogP contribution in [0.15, 0.2) is 42.5 Å². The fourth-order valence-corrected chi connectivity index (χ4v) is 3.03. The summed E-state index contributed by atoms with van der Waals surface area (Å²) >= 11 is 0. The fraction of sp³-hybridized carbons (Fsp3) is 0.211. The van der Waals surface area contributed by atoms with E-state index < -0.39 is 0 Å². The van der Waals surface area contributed by atoms with Gasteiger partial charge in [-0.05, 0) is 36.6 Å². The van der Waals surface area contributed by atoms with Crippen molar-refractivity contribution in [1.82, 2.24) is 20.6 Å². The number of carbonyl (C=O) groups is 1. The summed E-state index contributed by atoms with van der Waals surface area (Å²) in [6.45, 7) is 6.96. The van der Waals surface area contributed by atoms with E-state index in [4.69, 9.17) is 11.3 Å². The maximum absolute atomic E-state index is 12.4. The fourth-order valence-electron chi connectivity index (χ4n) is 3.03. The summed E-state index contributed by atoms with van der Waals surface area (Å²) in [4.78, 5) is 15.7. The predicted octanol–water partition coefficient (Wildman–Crippen LogP) is 2.94. The Bertz CT molecular complexity index is 992. The number of ether oxygens (including phenoxy) is 1. The van der Waals surface area contributed by atoms with E-state index in [1.54, 1.807) is 24.3 Å². The van der Waals surface area contributed by atoms with Crippen LogP contribution in [0.5, 0.6) is 5.75 Å². The van der Waals surface area contributed by atoms with Crippen LogP contribution in [0, 0.1) is 6.57 Å². The maximum atomic E-state index is 12.4. The molecule has 8 heteroatoms. The molecular weight excluding hydrogens is 344 g/mol. The van der Waals surface area contributed by atoms with Crippen LogP contribution in [-0.2, 0) is 12.8 Å². The van der Waals surface area contributed by atoms with Gasteiger partial charge in [-0.15, -0.1) is 10.2 Å². The number of benzene rings is 2. The van der Waals surface area contributed by atoms with Gasteiger partial charge in [0.2, 0.25) is 0 Å². The second kappa shape index (κ2) is 7.25. The van der Waals surface area contributed by atoms with Crippen LogP contribution in [0.3, 0.4) is 0 Å². The molecule has 0 radical (unpaired) electrons. The van der Waals surface area contributed by atoms with Crippen molar-refractivity contribution < 1.29 is 9.53 Å². The number of rotatable bonds is 4. The van der Waals surface area contributed by atoms with Crippen molar-refractivity contribution in [3.8, 4) is 5.75 Å². The van der Waals surface area contributed by atoms with Crippen molar-refractivity contribution in [2.45, 2.75) is 25.4 Å². The van der Waals surface area contributed by atoms with Crippen LogP contribution in [0.1, 0.15) is 28.2 Å². The number of H-pyrrole nitrogens is 1. The molecule has 4 rings (SSSR count). The summed E-state index contributed by atoms with van der Waals surface area (Å²) in [5.41, 5.74) is 2.79. The first kappa shape index (κ1) is 16.7. The lowest BCUT2D eigenvalue weighted by Gasteiger charge is -2.25. The van der Waals surface area contributed by atoms with Crippen molar-refractivity contribution in [2.24, 2.45) is 0 Å². The van der Waals surface area contributed by atoms with Gasteiger partial charge < -0.3 is 10.1 Å². The van der Waals surface area contributed by atoms with Gasteiger partial charge in [0.25, 0.3) is 5.91 Å². The van der Waals surface area contributed by atoms with Crippen LogP contribution in [0.4, 0.5) is 11.4 Å². The minimum Gasteiger partial charge on any atom is -0.490 e. The van der Waals surface area contributed by atoms with Gasteiger partial charge in [-0.25, -0.2) is 4.85 Å². The highest BCUT2D eigenvalue weighted by Crippen LogP contribution is 2.31. The largest absolute Gasteiger partial charge is 0.490 e. The normalized spacial score (nSPS) is 15.3. The lowest BCUT2D eigenvalue weighted by Crippen LogP contribution is -2.25. The monoisotopic (exact) mass is 360 g/mol. The number of tetrazole rings is 1. The number of nitrogens with zero attached hydrogens (tertiary/aromatic N) is 4. The van der Waals surface area contributed by atoms with E-state index in [9.17, 15) is 4.79 Å². The first-order valence-electron chi connectivity index (χ1n) is 8.52. The lowest BCUT2D eigenvalue weighted by molar-refractivity contribution is 0.102. The number of aryl methyl sites for hydroxylation is 1. The predicted molar refractivity (Wildman–Crippen MR) is 97.7 cm³/mol. The number of fused-ring (bicyclic) bond motifs is 1. The SMILES string of the molecule is [C-]#[N+]c1ccc(C(=O)Nc2ccc3c(c2)CCC(Cc2nn[nH]n2)O3)cc1. The molecule has 8 nitrogen and oxygen atoms in total. The average Bonchev–Trinajstić information content (AvgIpc) is 3.21. The summed E-state index contributed by atoms with van der Waals surface area (Å²) < 4.78 is 6.01. The molecule has 1 amide bonds. The summed E-state index contributed by atoms with van der Waals surface area (Å²) in [5, 5.41) is 16.8. The Morgan fingerprint density at radius 3 is 2.89 bits per heavy atom. The highest BCUT2D eigenvalue weighted by molar-refractivity contribution is 6.04. The number of carbonyl (C=O) groups excluding carboxylic acids is 1. The molecule has 0 bridgehead atoms. The summed E-state index contributed by atoms with van der Waals surface area (Å²) in [6.07, 6.45) is 2.31. The second-order valence-corrected chi connectivity index (χ2v) is 6.25. The van der Waals surface area contributed by atoms with E-state index in [-0.39, 0.29) is 12.0 Å². The van der Waals surface area contributed by atoms with Gasteiger partial charge in [0.05, 0.1) is 6.57 Å². The Morgan fingerprint density at radius 1 is 1.30 bits per heavy atom. The van der Waals surface area contributed by atoms with Crippen molar-refractivity contribution in [2.75, 3.05) is 5.32 Å². The molecule has 0 fully saturated rings. The Labute approximate surface area is 155 Å². The molecule has 1 atom stereocenters. The second-order valence-electron chi connectivity index (χ2n) is 6.25. The van der Waals surface area contributed by atoms with E-state index in [2.05, 4.69) is 30.8 Å². The third-order valence-corrected chi connectivity index (χ3v) is 4.41. The lowest BCUT2D eigenvalue weighted by atomic mass is 9.99. The number of aromatic amines is 1. The zero-order chi connectivity index (χ0) is 18.6. The zero-order valence-corrected chi connectivity index (χ0v) is 14.3. The van der Waals surface area contributed by atoms with E-state index in [1.807, 2.05) is 18.2 Å². The van der Waals surface area contributed by atoms with Crippen LogP contribution in [0.25, 0.3) is 4.85 Å². The maximum Gasteiger partial charge on any atom is 0.255 e. The number of hydrogen-bond donors (Lipinski definition) is 2. The number of nitrogens with one attached hydrogen (secondary N) is 2. The quantitative estimate of drug-likeness (QED) is 0.697. The Balaban J connectivity index is 1.42. The van der Waals surface area contributed by atoms with Gasteiger partial charge in [0, 0.05) is 17.7 Å². The van der Waals surface area contributed by atoms with Gasteiger partial charge >= 0.3 is 0 Å². The Hall–Kier alpha value is -3.73. The van der Waals surface area contributed by atoms with Gasteiger partial charge in [-0.2, -0.15) is 5.21 Å². The number of amides is 1. The molecule has 2 heterocycles. The molecule has 0 saturated heterocycles. The zero-order valence-electron chi connectivity index (χ0n) is 14.3. The molecule has 2 aromatic carbocycles. The third-order valence-electron chi connectivity index (χ3n) is 4.41. The Morgan fingerprint density at radius 2 is 2.15 bits per heavy atom. The third kappa shape index (κ3) is 3.77. The molecule has 0 aliphatic carbocycles. The van der Waals surface area contributed by atoms with Gasteiger partial charge in [0.1, 0.15) is 11.9 Å². The molecule has 27 heavy (non-hydrogen) atoms. The van der Waals surface area contributed by atoms with Gasteiger partial charge in [0.15, 0.2) is 11.5 Å². The van der Waals surface area contributed by atoms with Crippen LogP contribution in [-0.4, -0.2) is 32.6 Å². The molecule has 0 saturated carbocycles. The summed E-state index contributed by atoms with van der Waals surface area (Å²) in [5.74, 6) is 1.24. The molecule has 2 N–H and O–H groups in total. The van der Waals surface area contributed by atoms with Gasteiger partial charge in [-0.3, -0.25) is 4.79 Å². The molecular formula is C19H16N6O2. The minimum absolute atomic E-state index is 0.0107. The molecule has 134 valence electrons. The number of hydrogen-bond acceptors (Lipinski definition) is 5. The van der Waals surface area contributed by atoms with Crippen LogP contribution < -0.4 is 10.1 Å². The van der Waals surface area contributed by atoms with Crippen molar-refractivity contribution in [3.63, 3.8) is 0 Å². The van der Waals surface area contributed by atoms with Crippen molar-refractivity contribution >= 4 is 17.3 Å². The van der Waals surface area contributed by atoms with Gasteiger partial charge in [-0.1, -0.05) is 29.5 Å². The Kier molecular flexibility index (Phi) is 4.49. The van der Waals surface area contributed by atoms with E-state index in [0.717, 1.165) is 24.2 Å². The highest BCUT2D eigenvalue weighted by atomic mass is 16.5. The summed E-state index contributed by atoms with van der Waals surface area (Å²) in [7, 11) is 0. The van der Waals surface area contributed by atoms with Crippen LogP contribution in [0.2, 0.25) is 0 Å².